The lowest BCUT2D eigenvalue weighted by molar-refractivity contribution is -0.117. The first kappa shape index (κ1) is 20.7. The van der Waals surface area contributed by atoms with Gasteiger partial charge >= 0.3 is 0 Å². The zero-order valence-electron chi connectivity index (χ0n) is 17.3. The van der Waals surface area contributed by atoms with E-state index in [1.807, 2.05) is 12.1 Å². The van der Waals surface area contributed by atoms with Gasteiger partial charge in [-0.1, -0.05) is 0 Å². The van der Waals surface area contributed by atoms with E-state index in [0.717, 1.165) is 18.2 Å². The third-order valence-electron chi connectivity index (χ3n) is 5.45. The standard InChI is InChI=1S/C23H22F2N4O2/c1-14-19(15(2)29(27-14)21-10-5-16(24)12-20(21)25)13-22(30)26-17-6-8-18(9-7-17)28-11-3-4-23(28)31/h5-10,12H,3-4,11,13H2,1-2H3,(H,26,30). The fraction of sp³-hybridized carbons (Fsp3) is 0.261. The van der Waals surface area contributed by atoms with Crippen molar-refractivity contribution in [3.8, 4) is 5.69 Å². The summed E-state index contributed by atoms with van der Waals surface area (Å²) in [6, 6.07) is 10.4. The quantitative estimate of drug-likeness (QED) is 0.671. The van der Waals surface area contributed by atoms with Gasteiger partial charge in [0.1, 0.15) is 11.5 Å². The molecule has 0 bridgehead atoms. The summed E-state index contributed by atoms with van der Waals surface area (Å²) in [7, 11) is 0. The topological polar surface area (TPSA) is 67.2 Å². The van der Waals surface area contributed by atoms with Crippen molar-refractivity contribution in [1.29, 1.82) is 0 Å². The molecule has 1 aromatic heterocycles. The van der Waals surface area contributed by atoms with Crippen molar-refractivity contribution in [2.75, 3.05) is 16.8 Å². The number of aromatic nitrogens is 2. The maximum atomic E-state index is 14.2. The first-order valence-corrected chi connectivity index (χ1v) is 10.0. The van der Waals surface area contributed by atoms with Crippen molar-refractivity contribution in [3.05, 3.63) is 71.1 Å². The molecule has 6 nitrogen and oxygen atoms in total. The number of nitrogens with zero attached hydrogens (tertiary/aromatic N) is 3. The molecule has 2 heterocycles. The monoisotopic (exact) mass is 424 g/mol. The molecule has 0 aliphatic carbocycles. The van der Waals surface area contributed by atoms with Crippen LogP contribution in [0.3, 0.4) is 0 Å². The summed E-state index contributed by atoms with van der Waals surface area (Å²) in [5.41, 5.74) is 3.45. The Balaban J connectivity index is 1.47. The highest BCUT2D eigenvalue weighted by Gasteiger charge is 2.22. The molecule has 1 aliphatic heterocycles. The Morgan fingerprint density at radius 3 is 2.52 bits per heavy atom. The molecule has 1 fully saturated rings. The van der Waals surface area contributed by atoms with Crippen molar-refractivity contribution >= 4 is 23.2 Å². The van der Waals surface area contributed by atoms with Crippen molar-refractivity contribution in [2.45, 2.75) is 33.1 Å². The van der Waals surface area contributed by atoms with E-state index in [1.165, 1.54) is 16.8 Å². The van der Waals surface area contributed by atoms with Crippen LogP contribution >= 0.6 is 0 Å². The summed E-state index contributed by atoms with van der Waals surface area (Å²) in [5, 5.41) is 7.17. The Morgan fingerprint density at radius 2 is 1.87 bits per heavy atom. The average molecular weight is 424 g/mol. The smallest absolute Gasteiger partial charge is 0.228 e. The number of anilines is 2. The van der Waals surface area contributed by atoms with E-state index in [9.17, 15) is 18.4 Å². The fourth-order valence-corrected chi connectivity index (χ4v) is 3.83. The largest absolute Gasteiger partial charge is 0.326 e. The van der Waals surface area contributed by atoms with Crippen LogP contribution in [-0.4, -0.2) is 28.1 Å². The number of halogens is 2. The van der Waals surface area contributed by atoms with Crippen LogP contribution in [0.25, 0.3) is 5.69 Å². The molecule has 31 heavy (non-hydrogen) atoms. The molecule has 0 spiro atoms. The van der Waals surface area contributed by atoms with Crippen LogP contribution in [0, 0.1) is 25.5 Å². The van der Waals surface area contributed by atoms with E-state index in [1.54, 1.807) is 30.9 Å². The number of hydrogen-bond donors (Lipinski definition) is 1. The van der Waals surface area contributed by atoms with E-state index < -0.39 is 11.6 Å². The van der Waals surface area contributed by atoms with Gasteiger partial charge in [0.2, 0.25) is 11.8 Å². The van der Waals surface area contributed by atoms with Gasteiger partial charge in [0.05, 0.1) is 12.1 Å². The molecule has 1 N–H and O–H groups in total. The number of rotatable bonds is 5. The van der Waals surface area contributed by atoms with Crippen LogP contribution in [0.4, 0.5) is 20.2 Å². The lowest BCUT2D eigenvalue weighted by Crippen LogP contribution is -2.23. The number of hydrogen-bond acceptors (Lipinski definition) is 3. The van der Waals surface area contributed by atoms with Gasteiger partial charge < -0.3 is 10.2 Å². The number of aryl methyl sites for hydroxylation is 1. The van der Waals surface area contributed by atoms with Gasteiger partial charge in [-0.25, -0.2) is 13.5 Å². The maximum Gasteiger partial charge on any atom is 0.228 e. The first-order valence-electron chi connectivity index (χ1n) is 10.0. The summed E-state index contributed by atoms with van der Waals surface area (Å²) in [4.78, 5) is 26.2. The number of carbonyl (C=O) groups excluding carboxylic acids is 2. The average Bonchev–Trinajstić information content (AvgIpc) is 3.27. The predicted molar refractivity (Wildman–Crippen MR) is 113 cm³/mol. The van der Waals surface area contributed by atoms with Crippen molar-refractivity contribution < 1.29 is 18.4 Å². The lowest BCUT2D eigenvalue weighted by Gasteiger charge is -2.16. The predicted octanol–water partition coefficient (Wildman–Crippen LogP) is 4.08. The number of carbonyl (C=O) groups is 2. The van der Waals surface area contributed by atoms with Gasteiger partial charge in [0.15, 0.2) is 5.82 Å². The van der Waals surface area contributed by atoms with Gasteiger partial charge in [-0.15, -0.1) is 0 Å². The van der Waals surface area contributed by atoms with Gasteiger partial charge in [0.25, 0.3) is 0 Å². The van der Waals surface area contributed by atoms with Gasteiger partial charge in [-0.3, -0.25) is 9.59 Å². The zero-order valence-corrected chi connectivity index (χ0v) is 17.3. The van der Waals surface area contributed by atoms with Crippen LogP contribution in [0.1, 0.15) is 29.8 Å². The molecule has 0 saturated carbocycles. The lowest BCUT2D eigenvalue weighted by atomic mass is 10.1. The third kappa shape index (κ3) is 4.19. The number of amides is 2. The summed E-state index contributed by atoms with van der Waals surface area (Å²) < 4.78 is 28.8. The molecule has 2 amide bonds. The minimum atomic E-state index is -0.724. The highest BCUT2D eigenvalue weighted by Crippen LogP contribution is 2.24. The summed E-state index contributed by atoms with van der Waals surface area (Å²) in [6.07, 6.45) is 1.48. The van der Waals surface area contributed by atoms with Crippen LogP contribution in [0.15, 0.2) is 42.5 Å². The normalized spacial score (nSPS) is 13.7. The Morgan fingerprint density at radius 1 is 1.13 bits per heavy atom. The molecule has 4 rings (SSSR count). The van der Waals surface area contributed by atoms with Gasteiger partial charge in [0, 0.05) is 41.7 Å². The van der Waals surface area contributed by atoms with Crippen LogP contribution < -0.4 is 10.2 Å². The van der Waals surface area contributed by atoms with Crippen LogP contribution in [0.2, 0.25) is 0 Å². The number of benzene rings is 2. The van der Waals surface area contributed by atoms with Crippen molar-refractivity contribution in [2.24, 2.45) is 0 Å². The second-order valence-electron chi connectivity index (χ2n) is 7.58. The van der Waals surface area contributed by atoms with E-state index in [0.29, 0.717) is 35.6 Å². The van der Waals surface area contributed by atoms with Crippen molar-refractivity contribution in [3.63, 3.8) is 0 Å². The summed E-state index contributed by atoms with van der Waals surface area (Å²) >= 11 is 0. The van der Waals surface area contributed by atoms with E-state index in [-0.39, 0.29) is 23.9 Å². The summed E-state index contributed by atoms with van der Waals surface area (Å²) in [5.74, 6) is -1.52. The molecular formula is C23H22F2N4O2. The molecule has 1 aliphatic rings. The van der Waals surface area contributed by atoms with Crippen LogP contribution in [-0.2, 0) is 16.0 Å². The second-order valence-corrected chi connectivity index (χ2v) is 7.58. The highest BCUT2D eigenvalue weighted by atomic mass is 19.1. The molecule has 160 valence electrons. The summed E-state index contributed by atoms with van der Waals surface area (Å²) in [6.45, 7) is 4.20. The minimum absolute atomic E-state index is 0.0623. The Bertz CT molecular complexity index is 1160. The molecule has 0 atom stereocenters. The van der Waals surface area contributed by atoms with E-state index >= 15 is 0 Å². The molecular weight excluding hydrogens is 402 g/mol. The van der Waals surface area contributed by atoms with Gasteiger partial charge in [-0.05, 0) is 56.7 Å². The second kappa shape index (κ2) is 8.29. The SMILES string of the molecule is Cc1nn(-c2ccc(F)cc2F)c(C)c1CC(=O)Nc1ccc(N2CCCC2=O)cc1. The van der Waals surface area contributed by atoms with Crippen molar-refractivity contribution in [1.82, 2.24) is 9.78 Å². The Hall–Kier alpha value is -3.55. The minimum Gasteiger partial charge on any atom is -0.326 e. The maximum absolute atomic E-state index is 14.2. The Labute approximate surface area is 178 Å². The fourth-order valence-electron chi connectivity index (χ4n) is 3.83. The molecule has 1 saturated heterocycles. The molecule has 0 unspecified atom stereocenters. The molecule has 0 radical (unpaired) electrons. The first-order chi connectivity index (χ1) is 14.8. The number of nitrogens with one attached hydrogen (secondary N) is 1. The van der Waals surface area contributed by atoms with Crippen LogP contribution in [0.5, 0.6) is 0 Å². The van der Waals surface area contributed by atoms with E-state index in [2.05, 4.69) is 10.4 Å². The Kier molecular flexibility index (Phi) is 5.54. The molecule has 3 aromatic rings. The third-order valence-corrected chi connectivity index (χ3v) is 5.45. The zero-order chi connectivity index (χ0) is 22.1. The molecule has 8 heteroatoms. The van der Waals surface area contributed by atoms with Gasteiger partial charge in [-0.2, -0.15) is 5.10 Å². The highest BCUT2D eigenvalue weighted by molar-refractivity contribution is 5.96. The van der Waals surface area contributed by atoms with E-state index in [4.69, 9.17) is 0 Å². The molecule has 2 aromatic carbocycles.